The quantitative estimate of drug-likeness (QED) is 0.871. The third kappa shape index (κ3) is 3.52. The molecule has 0 bridgehead atoms. The molecule has 1 aromatic rings. The highest BCUT2D eigenvalue weighted by Crippen LogP contribution is 2.39. The van der Waals surface area contributed by atoms with Gasteiger partial charge < -0.3 is 20.5 Å². The molecule has 0 aromatic heterocycles. The Morgan fingerprint density at radius 1 is 1.47 bits per heavy atom. The number of amides is 1. The fourth-order valence-electron chi connectivity index (χ4n) is 1.72. The van der Waals surface area contributed by atoms with Crippen molar-refractivity contribution in [3.63, 3.8) is 0 Å². The smallest absolute Gasteiger partial charge is 0.231 e. The van der Waals surface area contributed by atoms with Gasteiger partial charge in [-0.25, -0.2) is 0 Å². The number of benzene rings is 1. The fraction of sp³-hybridized carbons (Fsp3) is 0.462. The number of rotatable bonds is 5. The number of carbonyl (C=O) groups excluding carboxylic acids is 1. The van der Waals surface area contributed by atoms with E-state index in [2.05, 4.69) is 5.32 Å². The number of carbonyl (C=O) groups is 1. The van der Waals surface area contributed by atoms with Crippen molar-refractivity contribution in [1.82, 2.24) is 0 Å². The van der Waals surface area contributed by atoms with Crippen LogP contribution in [0.4, 0.5) is 5.69 Å². The molecule has 0 radical (unpaired) electrons. The molecule has 6 heteroatoms. The first-order chi connectivity index (χ1) is 9.10. The maximum atomic E-state index is 11.8. The van der Waals surface area contributed by atoms with Crippen molar-refractivity contribution in [1.29, 1.82) is 0 Å². The van der Waals surface area contributed by atoms with Crippen LogP contribution >= 0.6 is 11.6 Å². The van der Waals surface area contributed by atoms with Gasteiger partial charge in [0.2, 0.25) is 12.7 Å². The molecule has 1 amide bonds. The van der Waals surface area contributed by atoms with Crippen LogP contribution in [0.5, 0.6) is 11.5 Å². The molecule has 1 unspecified atom stereocenters. The number of ether oxygens (including phenoxy) is 2. The lowest BCUT2D eigenvalue weighted by Crippen LogP contribution is -2.16. The predicted octanol–water partition coefficient (Wildman–Crippen LogP) is 2.38. The molecule has 5 nitrogen and oxygen atoms in total. The van der Waals surface area contributed by atoms with E-state index < -0.39 is 0 Å². The van der Waals surface area contributed by atoms with Crippen LogP contribution in [0.15, 0.2) is 12.1 Å². The number of fused-ring (bicyclic) bond motifs is 1. The molecular weight excluding hydrogens is 268 g/mol. The summed E-state index contributed by atoms with van der Waals surface area (Å²) in [6.07, 6.45) is 1.17. The first-order valence-electron chi connectivity index (χ1n) is 6.19. The molecule has 19 heavy (non-hydrogen) atoms. The number of hydrogen-bond donors (Lipinski definition) is 2. The van der Waals surface area contributed by atoms with Gasteiger partial charge in [-0.2, -0.15) is 0 Å². The molecule has 1 atom stereocenters. The largest absolute Gasteiger partial charge is 0.454 e. The summed E-state index contributed by atoms with van der Waals surface area (Å²) in [7, 11) is 0. The van der Waals surface area contributed by atoms with Crippen molar-refractivity contribution >= 4 is 23.2 Å². The van der Waals surface area contributed by atoms with Gasteiger partial charge in [-0.3, -0.25) is 4.79 Å². The summed E-state index contributed by atoms with van der Waals surface area (Å²) in [5, 5.41) is 3.21. The van der Waals surface area contributed by atoms with Gasteiger partial charge in [-0.05, 0) is 18.9 Å². The maximum absolute atomic E-state index is 11.8. The van der Waals surface area contributed by atoms with Crippen LogP contribution in [0.1, 0.15) is 19.8 Å². The molecule has 3 N–H and O–H groups in total. The van der Waals surface area contributed by atoms with Gasteiger partial charge in [-0.1, -0.05) is 18.5 Å². The summed E-state index contributed by atoms with van der Waals surface area (Å²) in [6.45, 7) is 2.77. The molecule has 2 rings (SSSR count). The normalized spacial score (nSPS) is 14.3. The van der Waals surface area contributed by atoms with E-state index in [9.17, 15) is 4.79 Å². The van der Waals surface area contributed by atoms with Crippen LogP contribution in [0.3, 0.4) is 0 Å². The third-order valence-corrected chi connectivity index (χ3v) is 3.32. The van der Waals surface area contributed by atoms with E-state index >= 15 is 0 Å². The van der Waals surface area contributed by atoms with Crippen LogP contribution in [0.25, 0.3) is 0 Å². The van der Waals surface area contributed by atoms with E-state index in [0.717, 1.165) is 6.42 Å². The Morgan fingerprint density at radius 2 is 2.16 bits per heavy atom. The van der Waals surface area contributed by atoms with Crippen LogP contribution < -0.4 is 20.5 Å². The molecule has 1 aromatic carbocycles. The summed E-state index contributed by atoms with van der Waals surface area (Å²) in [6, 6.07) is 3.32. The minimum Gasteiger partial charge on any atom is -0.454 e. The average Bonchev–Trinajstić information content (AvgIpc) is 2.83. The Balaban J connectivity index is 1.97. The molecular formula is C13H17ClN2O3. The molecule has 0 aliphatic carbocycles. The van der Waals surface area contributed by atoms with Gasteiger partial charge in [0, 0.05) is 18.6 Å². The first-order valence-corrected chi connectivity index (χ1v) is 6.57. The number of nitrogens with one attached hydrogen (secondary N) is 1. The van der Waals surface area contributed by atoms with Gasteiger partial charge in [0.25, 0.3) is 0 Å². The van der Waals surface area contributed by atoms with Gasteiger partial charge in [0.15, 0.2) is 11.5 Å². The average molecular weight is 285 g/mol. The summed E-state index contributed by atoms with van der Waals surface area (Å²) in [5.74, 6) is 1.44. The topological polar surface area (TPSA) is 73.6 Å². The number of anilines is 1. The molecule has 0 spiro atoms. The zero-order valence-corrected chi connectivity index (χ0v) is 11.5. The van der Waals surface area contributed by atoms with E-state index in [1.54, 1.807) is 12.1 Å². The van der Waals surface area contributed by atoms with Crippen molar-refractivity contribution in [2.45, 2.75) is 19.8 Å². The molecule has 0 fully saturated rings. The first kappa shape index (κ1) is 14.0. The fourth-order valence-corrected chi connectivity index (χ4v) is 1.92. The van der Waals surface area contributed by atoms with E-state index in [1.165, 1.54) is 0 Å². The number of nitrogens with two attached hydrogens (primary N) is 1. The summed E-state index contributed by atoms with van der Waals surface area (Å²) < 4.78 is 10.4. The zero-order valence-electron chi connectivity index (χ0n) is 10.7. The van der Waals surface area contributed by atoms with Gasteiger partial charge in [0.05, 0.1) is 10.7 Å². The van der Waals surface area contributed by atoms with Crippen molar-refractivity contribution < 1.29 is 14.3 Å². The Labute approximate surface area is 117 Å². The SMILES string of the molecule is CC(CN)CCC(=O)Nc1cc2c(cc1Cl)OCO2. The molecule has 0 saturated heterocycles. The second kappa shape index (κ2) is 6.12. The second-order valence-electron chi connectivity index (χ2n) is 4.61. The summed E-state index contributed by atoms with van der Waals surface area (Å²) in [4.78, 5) is 11.8. The molecule has 104 valence electrons. The lowest BCUT2D eigenvalue weighted by molar-refractivity contribution is -0.116. The lowest BCUT2D eigenvalue weighted by atomic mass is 10.1. The minimum atomic E-state index is -0.0823. The van der Waals surface area contributed by atoms with Crippen LogP contribution in [-0.2, 0) is 4.79 Å². The molecule has 1 heterocycles. The van der Waals surface area contributed by atoms with E-state index in [4.69, 9.17) is 26.8 Å². The lowest BCUT2D eigenvalue weighted by Gasteiger charge is -2.10. The monoisotopic (exact) mass is 284 g/mol. The van der Waals surface area contributed by atoms with Crippen molar-refractivity contribution in [3.8, 4) is 11.5 Å². The Morgan fingerprint density at radius 3 is 2.84 bits per heavy atom. The second-order valence-corrected chi connectivity index (χ2v) is 5.02. The van der Waals surface area contributed by atoms with E-state index in [-0.39, 0.29) is 12.7 Å². The Hall–Kier alpha value is -1.46. The van der Waals surface area contributed by atoms with Crippen molar-refractivity contribution in [3.05, 3.63) is 17.2 Å². The number of halogens is 1. The summed E-state index contributed by atoms with van der Waals surface area (Å²) in [5.41, 5.74) is 6.05. The Bertz CT molecular complexity index is 479. The maximum Gasteiger partial charge on any atom is 0.231 e. The van der Waals surface area contributed by atoms with E-state index in [0.29, 0.717) is 41.1 Å². The minimum absolute atomic E-state index is 0.0823. The highest BCUT2D eigenvalue weighted by Gasteiger charge is 2.17. The Kier molecular flexibility index (Phi) is 4.50. The van der Waals surface area contributed by atoms with Gasteiger partial charge >= 0.3 is 0 Å². The van der Waals surface area contributed by atoms with Crippen LogP contribution in [0, 0.1) is 5.92 Å². The van der Waals surface area contributed by atoms with Crippen LogP contribution in [0.2, 0.25) is 5.02 Å². The molecule has 1 aliphatic rings. The van der Waals surface area contributed by atoms with Crippen molar-refractivity contribution in [2.24, 2.45) is 11.7 Å². The highest BCUT2D eigenvalue weighted by atomic mass is 35.5. The zero-order chi connectivity index (χ0) is 13.8. The van der Waals surface area contributed by atoms with Gasteiger partial charge in [0.1, 0.15) is 0 Å². The van der Waals surface area contributed by atoms with Crippen LogP contribution in [-0.4, -0.2) is 19.2 Å². The number of hydrogen-bond acceptors (Lipinski definition) is 4. The van der Waals surface area contributed by atoms with Gasteiger partial charge in [-0.15, -0.1) is 0 Å². The standard InChI is InChI=1S/C13H17ClN2O3/c1-8(6-15)2-3-13(17)16-10-5-12-11(4-9(10)14)18-7-19-12/h4-5,8H,2-3,6-7,15H2,1H3,(H,16,17). The molecule has 0 saturated carbocycles. The van der Waals surface area contributed by atoms with Crippen molar-refractivity contribution in [2.75, 3.05) is 18.7 Å². The van der Waals surface area contributed by atoms with E-state index in [1.807, 2.05) is 6.92 Å². The summed E-state index contributed by atoms with van der Waals surface area (Å²) >= 11 is 6.07. The highest BCUT2D eigenvalue weighted by molar-refractivity contribution is 6.34. The predicted molar refractivity (Wildman–Crippen MR) is 73.7 cm³/mol. The molecule has 1 aliphatic heterocycles. The third-order valence-electron chi connectivity index (χ3n) is 3.00.